The summed E-state index contributed by atoms with van der Waals surface area (Å²) in [5.41, 5.74) is -0.157. The molecular formula is C16H22F3NO. The largest absolute Gasteiger partial charge is 0.416 e. The summed E-state index contributed by atoms with van der Waals surface area (Å²) >= 11 is 0. The Morgan fingerprint density at radius 3 is 2.10 bits per heavy atom. The minimum atomic E-state index is -4.31. The predicted molar refractivity (Wildman–Crippen MR) is 76.0 cm³/mol. The molecule has 5 heteroatoms. The van der Waals surface area contributed by atoms with Gasteiger partial charge in [-0.25, -0.2) is 0 Å². The fourth-order valence-electron chi connectivity index (χ4n) is 3.31. The van der Waals surface area contributed by atoms with E-state index in [0.717, 1.165) is 43.4 Å². The molecule has 1 saturated carbocycles. The van der Waals surface area contributed by atoms with Gasteiger partial charge in [0.25, 0.3) is 0 Å². The summed E-state index contributed by atoms with van der Waals surface area (Å²) in [4.78, 5) is 2.06. The van der Waals surface area contributed by atoms with Gasteiger partial charge >= 0.3 is 6.18 Å². The van der Waals surface area contributed by atoms with E-state index in [-0.39, 0.29) is 5.54 Å². The van der Waals surface area contributed by atoms with Crippen molar-refractivity contribution in [2.24, 2.45) is 0 Å². The highest BCUT2D eigenvalue weighted by molar-refractivity contribution is 5.25. The van der Waals surface area contributed by atoms with E-state index in [0.29, 0.717) is 6.42 Å². The van der Waals surface area contributed by atoms with Crippen molar-refractivity contribution in [2.45, 2.75) is 49.9 Å². The van der Waals surface area contributed by atoms with Crippen LogP contribution in [0.25, 0.3) is 0 Å². The molecule has 0 bridgehead atoms. The van der Waals surface area contributed by atoms with Crippen LogP contribution in [0.3, 0.4) is 0 Å². The van der Waals surface area contributed by atoms with Crippen LogP contribution in [0.1, 0.15) is 36.8 Å². The molecule has 2 nitrogen and oxygen atoms in total. The molecule has 1 N–H and O–H groups in total. The van der Waals surface area contributed by atoms with Crippen molar-refractivity contribution < 1.29 is 18.3 Å². The lowest BCUT2D eigenvalue weighted by Gasteiger charge is -2.40. The van der Waals surface area contributed by atoms with E-state index < -0.39 is 17.8 Å². The van der Waals surface area contributed by atoms with Crippen LogP contribution in [0, 0.1) is 0 Å². The topological polar surface area (TPSA) is 23.5 Å². The monoisotopic (exact) mass is 301 g/mol. The molecule has 1 aliphatic rings. The first-order valence-corrected chi connectivity index (χ1v) is 7.27. The SMILES string of the molecule is CN(C)C1(C(O)Cc2ccc(C(F)(F)F)cc2)CCCC1. The summed E-state index contributed by atoms with van der Waals surface area (Å²) in [7, 11) is 3.92. The lowest BCUT2D eigenvalue weighted by Crippen LogP contribution is -2.52. The molecule has 1 aromatic carbocycles. The van der Waals surface area contributed by atoms with Crippen molar-refractivity contribution in [3.8, 4) is 0 Å². The van der Waals surface area contributed by atoms with Crippen LogP contribution in [-0.2, 0) is 12.6 Å². The van der Waals surface area contributed by atoms with Crippen LogP contribution in [-0.4, -0.2) is 35.7 Å². The predicted octanol–water partition coefficient (Wildman–Crippen LogP) is 3.48. The van der Waals surface area contributed by atoms with Gasteiger partial charge in [0.05, 0.1) is 11.7 Å². The molecule has 1 aromatic rings. The van der Waals surface area contributed by atoms with E-state index in [4.69, 9.17) is 0 Å². The molecule has 118 valence electrons. The first-order chi connectivity index (χ1) is 9.75. The molecule has 1 fully saturated rings. The van der Waals surface area contributed by atoms with Crippen LogP contribution < -0.4 is 0 Å². The Labute approximate surface area is 123 Å². The normalized spacial score (nSPS) is 20.0. The average molecular weight is 301 g/mol. The standard InChI is InChI=1S/C16H22F3NO/c1-20(2)15(9-3-4-10-15)14(21)11-12-5-7-13(8-6-12)16(17,18)19/h5-8,14,21H,3-4,9-11H2,1-2H3. The molecule has 21 heavy (non-hydrogen) atoms. The van der Waals surface area contributed by atoms with E-state index in [1.807, 2.05) is 14.1 Å². The maximum atomic E-state index is 12.5. The molecule has 1 aliphatic carbocycles. The Balaban J connectivity index is 2.10. The summed E-state index contributed by atoms with van der Waals surface area (Å²) in [5.74, 6) is 0. The summed E-state index contributed by atoms with van der Waals surface area (Å²) in [5, 5.41) is 10.6. The van der Waals surface area contributed by atoms with E-state index >= 15 is 0 Å². The number of hydrogen-bond acceptors (Lipinski definition) is 2. The van der Waals surface area contributed by atoms with Gasteiger partial charge in [0.2, 0.25) is 0 Å². The molecule has 0 aromatic heterocycles. The zero-order valence-corrected chi connectivity index (χ0v) is 12.5. The van der Waals surface area contributed by atoms with Gasteiger partial charge in [-0.15, -0.1) is 0 Å². The first-order valence-electron chi connectivity index (χ1n) is 7.27. The molecule has 1 atom stereocenters. The number of halogens is 3. The molecule has 0 radical (unpaired) electrons. The third-order valence-electron chi connectivity index (χ3n) is 4.69. The van der Waals surface area contributed by atoms with Gasteiger partial charge < -0.3 is 10.0 Å². The third kappa shape index (κ3) is 3.40. The molecule has 0 heterocycles. The zero-order valence-electron chi connectivity index (χ0n) is 12.5. The van der Waals surface area contributed by atoms with Crippen molar-refractivity contribution in [3.63, 3.8) is 0 Å². The second-order valence-electron chi connectivity index (χ2n) is 6.12. The van der Waals surface area contributed by atoms with Gasteiger partial charge in [-0.1, -0.05) is 25.0 Å². The molecule has 0 aliphatic heterocycles. The molecule has 2 rings (SSSR count). The van der Waals surface area contributed by atoms with Crippen molar-refractivity contribution in [3.05, 3.63) is 35.4 Å². The van der Waals surface area contributed by atoms with E-state index in [2.05, 4.69) is 4.90 Å². The lowest BCUT2D eigenvalue weighted by molar-refractivity contribution is -0.137. The van der Waals surface area contributed by atoms with Gasteiger partial charge in [-0.3, -0.25) is 0 Å². The Morgan fingerprint density at radius 2 is 1.67 bits per heavy atom. The number of likely N-dealkylation sites (N-methyl/N-ethyl adjacent to an activating group) is 1. The molecule has 0 spiro atoms. The molecule has 0 amide bonds. The minimum Gasteiger partial charge on any atom is -0.391 e. The van der Waals surface area contributed by atoms with Gasteiger partial charge in [0.1, 0.15) is 0 Å². The number of alkyl halides is 3. The number of aliphatic hydroxyl groups excluding tert-OH is 1. The van der Waals surface area contributed by atoms with Crippen molar-refractivity contribution in [1.82, 2.24) is 4.90 Å². The Bertz CT molecular complexity index is 461. The number of nitrogens with zero attached hydrogens (tertiary/aromatic N) is 1. The summed E-state index contributed by atoms with van der Waals surface area (Å²) in [6.07, 6.45) is -0.454. The van der Waals surface area contributed by atoms with Crippen LogP contribution in [0.4, 0.5) is 13.2 Å². The molecule has 0 saturated heterocycles. The van der Waals surface area contributed by atoms with Crippen LogP contribution in [0.2, 0.25) is 0 Å². The lowest BCUT2D eigenvalue weighted by atomic mass is 9.85. The molecule has 1 unspecified atom stereocenters. The fourth-order valence-corrected chi connectivity index (χ4v) is 3.31. The number of rotatable bonds is 4. The minimum absolute atomic E-state index is 0.247. The van der Waals surface area contributed by atoms with E-state index in [9.17, 15) is 18.3 Å². The van der Waals surface area contributed by atoms with Gasteiger partial charge in [0, 0.05) is 12.0 Å². The maximum absolute atomic E-state index is 12.5. The van der Waals surface area contributed by atoms with E-state index in [1.54, 1.807) is 0 Å². The Kier molecular flexibility index (Phi) is 4.63. The highest BCUT2D eigenvalue weighted by Gasteiger charge is 2.42. The van der Waals surface area contributed by atoms with Crippen LogP contribution >= 0.6 is 0 Å². The Morgan fingerprint density at radius 1 is 1.14 bits per heavy atom. The number of benzene rings is 1. The van der Waals surface area contributed by atoms with Gasteiger partial charge in [-0.2, -0.15) is 13.2 Å². The number of hydrogen-bond donors (Lipinski definition) is 1. The highest BCUT2D eigenvalue weighted by Crippen LogP contribution is 2.38. The van der Waals surface area contributed by atoms with Crippen molar-refractivity contribution >= 4 is 0 Å². The Hall–Kier alpha value is -1.07. The zero-order chi connectivity index (χ0) is 15.7. The van der Waals surface area contributed by atoms with Crippen molar-refractivity contribution in [2.75, 3.05) is 14.1 Å². The van der Waals surface area contributed by atoms with E-state index in [1.165, 1.54) is 12.1 Å². The second-order valence-corrected chi connectivity index (χ2v) is 6.12. The van der Waals surface area contributed by atoms with Gasteiger partial charge in [0.15, 0.2) is 0 Å². The van der Waals surface area contributed by atoms with Crippen LogP contribution in [0.15, 0.2) is 24.3 Å². The summed E-state index contributed by atoms with van der Waals surface area (Å²) < 4.78 is 37.6. The highest BCUT2D eigenvalue weighted by atomic mass is 19.4. The summed E-state index contributed by atoms with van der Waals surface area (Å²) in [6.45, 7) is 0. The van der Waals surface area contributed by atoms with Gasteiger partial charge in [-0.05, 0) is 44.6 Å². The average Bonchev–Trinajstić information content (AvgIpc) is 2.89. The number of aliphatic hydroxyl groups is 1. The second kappa shape index (κ2) is 5.97. The smallest absolute Gasteiger partial charge is 0.391 e. The fraction of sp³-hybridized carbons (Fsp3) is 0.625. The maximum Gasteiger partial charge on any atom is 0.416 e. The van der Waals surface area contributed by atoms with Crippen LogP contribution in [0.5, 0.6) is 0 Å². The first kappa shape index (κ1) is 16.3. The summed E-state index contributed by atoms with van der Waals surface area (Å²) in [6, 6.07) is 5.09. The third-order valence-corrected chi connectivity index (χ3v) is 4.69. The quantitative estimate of drug-likeness (QED) is 0.920. The van der Waals surface area contributed by atoms with Crippen molar-refractivity contribution in [1.29, 1.82) is 0 Å². The molecular weight excluding hydrogens is 279 g/mol.